The molecule has 0 saturated carbocycles. The molecular weight excluding hydrogens is 324 g/mol. The van der Waals surface area contributed by atoms with E-state index >= 15 is 0 Å². The molecule has 1 aromatic rings. The average molecular weight is 348 g/mol. The molecule has 0 heterocycles. The quantitative estimate of drug-likeness (QED) is 0.494. The summed E-state index contributed by atoms with van der Waals surface area (Å²) in [6.07, 6.45) is 1.49. The minimum Gasteiger partial charge on any atom is -0.480 e. The fourth-order valence-electron chi connectivity index (χ4n) is 2.14. The van der Waals surface area contributed by atoms with Gasteiger partial charge in [0.1, 0.15) is 0 Å². The Hall–Kier alpha value is -2.67. The molecule has 2 N–H and O–H groups in total. The van der Waals surface area contributed by atoms with Crippen molar-refractivity contribution in [3.63, 3.8) is 0 Å². The van der Waals surface area contributed by atoms with Crippen molar-refractivity contribution in [2.75, 3.05) is 26.3 Å². The molecule has 0 saturated heterocycles. The van der Waals surface area contributed by atoms with E-state index in [2.05, 4.69) is 11.9 Å². The first-order chi connectivity index (χ1) is 11.9. The molecule has 1 aromatic carbocycles. The number of carboxylic acids is 1. The molecule has 136 valence electrons. The Morgan fingerprint density at radius 3 is 2.24 bits per heavy atom. The summed E-state index contributed by atoms with van der Waals surface area (Å²) in [7, 11) is 0. The summed E-state index contributed by atoms with van der Waals surface area (Å²) < 4.78 is 5.08. The largest absolute Gasteiger partial charge is 0.480 e. The molecule has 1 rings (SSSR count). The lowest BCUT2D eigenvalue weighted by Gasteiger charge is -2.18. The monoisotopic (exact) mass is 348 g/mol. The Labute approximate surface area is 147 Å². The van der Waals surface area contributed by atoms with Gasteiger partial charge in [-0.05, 0) is 38.1 Å². The molecule has 0 aliphatic carbocycles. The highest BCUT2D eigenvalue weighted by Crippen LogP contribution is 2.08. The normalized spacial score (nSPS) is 11.4. The zero-order valence-electron chi connectivity index (χ0n) is 14.5. The number of hydrogen-bond donors (Lipinski definition) is 2. The van der Waals surface area contributed by atoms with E-state index in [1.165, 1.54) is 18.2 Å². The number of aliphatic carboxylic acids is 1. The van der Waals surface area contributed by atoms with E-state index in [1.54, 1.807) is 17.0 Å². The number of ether oxygens (including phenoxy) is 1. The molecule has 0 fully saturated rings. The van der Waals surface area contributed by atoms with Gasteiger partial charge in [-0.3, -0.25) is 9.59 Å². The Morgan fingerprint density at radius 2 is 1.76 bits per heavy atom. The molecule has 1 unspecified atom stereocenters. The van der Waals surface area contributed by atoms with Crippen LogP contribution in [0.1, 0.15) is 34.6 Å². The van der Waals surface area contributed by atoms with Crippen molar-refractivity contribution in [2.24, 2.45) is 0 Å². The van der Waals surface area contributed by atoms with Crippen LogP contribution >= 0.6 is 0 Å². The standard InChI is InChI=1S/C18H24N2O5/c1-4-11-25-12-15(18(23)24)19-16(21)13-7-9-14(10-8-13)17(22)20(5-2)6-3/h4,7-10,15H,1,5-6,11-12H2,2-3H3,(H,19,21)(H,23,24). The summed E-state index contributed by atoms with van der Waals surface area (Å²) in [6.45, 7) is 8.49. The van der Waals surface area contributed by atoms with Crippen LogP contribution in [0.3, 0.4) is 0 Å². The van der Waals surface area contributed by atoms with Gasteiger partial charge < -0.3 is 20.1 Å². The lowest BCUT2D eigenvalue weighted by atomic mass is 10.1. The number of carboxylic acid groups (broad SMARTS) is 1. The average Bonchev–Trinajstić information content (AvgIpc) is 2.61. The number of benzene rings is 1. The molecule has 2 amide bonds. The first-order valence-electron chi connectivity index (χ1n) is 8.06. The van der Waals surface area contributed by atoms with Crippen LogP contribution < -0.4 is 5.32 Å². The molecule has 0 radical (unpaired) electrons. The summed E-state index contributed by atoms with van der Waals surface area (Å²) in [4.78, 5) is 37.2. The molecule has 7 heteroatoms. The number of nitrogens with one attached hydrogen (secondary N) is 1. The van der Waals surface area contributed by atoms with Gasteiger partial charge in [0.25, 0.3) is 11.8 Å². The molecule has 25 heavy (non-hydrogen) atoms. The Morgan fingerprint density at radius 1 is 1.20 bits per heavy atom. The van der Waals surface area contributed by atoms with Gasteiger partial charge in [-0.25, -0.2) is 4.79 Å². The van der Waals surface area contributed by atoms with Gasteiger partial charge in [-0.15, -0.1) is 6.58 Å². The number of rotatable bonds is 10. The smallest absolute Gasteiger partial charge is 0.328 e. The number of carbonyl (C=O) groups is 3. The summed E-state index contributed by atoms with van der Waals surface area (Å²) in [5, 5.41) is 11.5. The minimum atomic E-state index is -1.19. The molecule has 0 spiro atoms. The maximum Gasteiger partial charge on any atom is 0.328 e. The van der Waals surface area contributed by atoms with Crippen molar-refractivity contribution in [2.45, 2.75) is 19.9 Å². The van der Waals surface area contributed by atoms with Crippen LogP contribution in [-0.2, 0) is 9.53 Å². The van der Waals surface area contributed by atoms with Gasteiger partial charge in [0, 0.05) is 24.2 Å². The fourth-order valence-corrected chi connectivity index (χ4v) is 2.14. The van der Waals surface area contributed by atoms with Crippen molar-refractivity contribution in [3.05, 3.63) is 48.0 Å². The van der Waals surface area contributed by atoms with E-state index in [0.29, 0.717) is 18.7 Å². The van der Waals surface area contributed by atoms with Gasteiger partial charge in [0.15, 0.2) is 6.04 Å². The predicted octanol–water partition coefficient (Wildman–Crippen LogP) is 1.55. The van der Waals surface area contributed by atoms with Crippen molar-refractivity contribution >= 4 is 17.8 Å². The van der Waals surface area contributed by atoms with Crippen molar-refractivity contribution < 1.29 is 24.2 Å². The van der Waals surface area contributed by atoms with E-state index in [-0.39, 0.29) is 24.7 Å². The fraction of sp³-hybridized carbons (Fsp3) is 0.389. The molecular formula is C18H24N2O5. The topological polar surface area (TPSA) is 95.9 Å². The minimum absolute atomic E-state index is 0.113. The summed E-state index contributed by atoms with van der Waals surface area (Å²) in [6, 6.07) is 4.94. The second kappa shape index (κ2) is 10.2. The Kier molecular flexibility index (Phi) is 8.35. The molecule has 7 nitrogen and oxygen atoms in total. The Bertz CT molecular complexity index is 608. The van der Waals surface area contributed by atoms with Crippen molar-refractivity contribution in [1.29, 1.82) is 0 Å². The van der Waals surface area contributed by atoms with Gasteiger partial charge in [-0.2, -0.15) is 0 Å². The van der Waals surface area contributed by atoms with E-state index in [0.717, 1.165) is 0 Å². The zero-order valence-corrected chi connectivity index (χ0v) is 14.5. The van der Waals surface area contributed by atoms with Crippen LogP contribution in [0.5, 0.6) is 0 Å². The van der Waals surface area contributed by atoms with Crippen LogP contribution in [-0.4, -0.2) is 60.1 Å². The van der Waals surface area contributed by atoms with Crippen LogP contribution in [0.2, 0.25) is 0 Å². The van der Waals surface area contributed by atoms with Crippen molar-refractivity contribution in [1.82, 2.24) is 10.2 Å². The highest BCUT2D eigenvalue weighted by atomic mass is 16.5. The summed E-state index contributed by atoms with van der Waals surface area (Å²) in [5.41, 5.74) is 0.746. The Balaban J connectivity index is 2.76. The number of carbonyl (C=O) groups excluding carboxylic acids is 2. The lowest BCUT2D eigenvalue weighted by molar-refractivity contribution is -0.140. The zero-order chi connectivity index (χ0) is 18.8. The first-order valence-corrected chi connectivity index (χ1v) is 8.06. The third kappa shape index (κ3) is 6.04. The third-order valence-electron chi connectivity index (χ3n) is 3.57. The van der Waals surface area contributed by atoms with Crippen LogP contribution in [0.15, 0.2) is 36.9 Å². The van der Waals surface area contributed by atoms with Gasteiger partial charge in [0.2, 0.25) is 0 Å². The van der Waals surface area contributed by atoms with Gasteiger partial charge in [-0.1, -0.05) is 6.08 Å². The van der Waals surface area contributed by atoms with Crippen LogP contribution in [0, 0.1) is 0 Å². The number of amides is 2. The van der Waals surface area contributed by atoms with Crippen molar-refractivity contribution in [3.8, 4) is 0 Å². The maximum atomic E-state index is 12.2. The van der Waals surface area contributed by atoms with Gasteiger partial charge in [0.05, 0.1) is 13.2 Å². The molecule has 1 atom stereocenters. The number of nitrogens with zero attached hydrogens (tertiary/aromatic N) is 1. The highest BCUT2D eigenvalue weighted by molar-refractivity contribution is 5.99. The highest BCUT2D eigenvalue weighted by Gasteiger charge is 2.21. The first kappa shape index (κ1) is 20.4. The molecule has 0 bridgehead atoms. The third-order valence-corrected chi connectivity index (χ3v) is 3.57. The van der Waals surface area contributed by atoms with Crippen LogP contribution in [0.25, 0.3) is 0 Å². The molecule has 0 aliphatic heterocycles. The molecule has 0 aliphatic rings. The predicted molar refractivity (Wildman–Crippen MR) is 93.6 cm³/mol. The van der Waals surface area contributed by atoms with E-state index < -0.39 is 17.9 Å². The lowest BCUT2D eigenvalue weighted by Crippen LogP contribution is -2.44. The number of hydrogen-bond acceptors (Lipinski definition) is 4. The SMILES string of the molecule is C=CCOCC(NC(=O)c1ccc(C(=O)N(CC)CC)cc1)C(=O)O. The van der Waals surface area contributed by atoms with E-state index in [9.17, 15) is 14.4 Å². The van der Waals surface area contributed by atoms with Crippen LogP contribution in [0.4, 0.5) is 0 Å². The molecule has 0 aromatic heterocycles. The summed E-state index contributed by atoms with van der Waals surface area (Å²) in [5.74, 6) is -1.85. The summed E-state index contributed by atoms with van der Waals surface area (Å²) >= 11 is 0. The second-order valence-electron chi connectivity index (χ2n) is 5.25. The van der Waals surface area contributed by atoms with Gasteiger partial charge >= 0.3 is 5.97 Å². The van der Waals surface area contributed by atoms with E-state index in [4.69, 9.17) is 9.84 Å². The maximum absolute atomic E-state index is 12.2. The second-order valence-corrected chi connectivity index (χ2v) is 5.25. The van der Waals surface area contributed by atoms with E-state index in [1.807, 2.05) is 13.8 Å².